The zero-order chi connectivity index (χ0) is 20.0. The van der Waals surface area contributed by atoms with Gasteiger partial charge in [-0.3, -0.25) is 10.1 Å². The number of hydrogen-bond donors (Lipinski definition) is 1. The predicted molar refractivity (Wildman–Crippen MR) is 110 cm³/mol. The lowest BCUT2D eigenvalue weighted by atomic mass is 10.0. The zero-order valence-electron chi connectivity index (χ0n) is 15.1. The molecule has 2 aromatic carbocycles. The standard InChI is InChI=1S/C21H13FN4O2S/c1-11-18-13(19(27)25-21-24-15-8-4-5-9-17(15)29-21)10-16(23-20(18)28-26-11)12-6-2-3-7-14(12)22/h2-10H,1H3,(H,24,25,27). The smallest absolute Gasteiger partial charge is 0.259 e. The second kappa shape index (κ2) is 6.75. The Morgan fingerprint density at radius 3 is 2.72 bits per heavy atom. The van der Waals surface area contributed by atoms with Crippen molar-refractivity contribution in [1.82, 2.24) is 15.1 Å². The molecule has 0 bridgehead atoms. The number of halogens is 1. The van der Waals surface area contributed by atoms with Crippen LogP contribution in [0.2, 0.25) is 0 Å². The van der Waals surface area contributed by atoms with E-state index in [0.717, 1.165) is 10.2 Å². The Hall–Kier alpha value is -3.65. The zero-order valence-corrected chi connectivity index (χ0v) is 16.0. The maximum Gasteiger partial charge on any atom is 0.259 e. The van der Waals surface area contributed by atoms with Gasteiger partial charge in [-0.2, -0.15) is 0 Å². The van der Waals surface area contributed by atoms with Gasteiger partial charge in [-0.25, -0.2) is 14.4 Å². The molecule has 0 aliphatic carbocycles. The van der Waals surface area contributed by atoms with Gasteiger partial charge in [-0.1, -0.05) is 40.8 Å². The second-order valence-electron chi connectivity index (χ2n) is 6.42. The first kappa shape index (κ1) is 17.4. The van der Waals surface area contributed by atoms with Crippen molar-refractivity contribution < 1.29 is 13.7 Å². The number of aromatic nitrogens is 3. The maximum atomic E-state index is 14.3. The Morgan fingerprint density at radius 2 is 1.90 bits per heavy atom. The van der Waals surface area contributed by atoms with Crippen LogP contribution in [0, 0.1) is 12.7 Å². The molecule has 3 aromatic heterocycles. The molecule has 1 amide bonds. The van der Waals surface area contributed by atoms with Gasteiger partial charge in [-0.15, -0.1) is 0 Å². The van der Waals surface area contributed by atoms with E-state index in [-0.39, 0.29) is 17.2 Å². The summed E-state index contributed by atoms with van der Waals surface area (Å²) in [4.78, 5) is 21.9. The van der Waals surface area contributed by atoms with Crippen LogP contribution in [0.25, 0.3) is 32.6 Å². The fourth-order valence-electron chi connectivity index (χ4n) is 3.17. The molecule has 0 unspecified atom stereocenters. The number of aryl methyl sites for hydroxylation is 1. The number of fused-ring (bicyclic) bond motifs is 2. The van der Waals surface area contributed by atoms with Crippen LogP contribution in [-0.2, 0) is 0 Å². The van der Waals surface area contributed by atoms with Crippen molar-refractivity contribution in [2.45, 2.75) is 6.92 Å². The van der Waals surface area contributed by atoms with Gasteiger partial charge in [0.15, 0.2) is 5.13 Å². The summed E-state index contributed by atoms with van der Waals surface area (Å²) in [7, 11) is 0. The fraction of sp³-hybridized carbons (Fsp3) is 0.0476. The van der Waals surface area contributed by atoms with E-state index in [1.807, 2.05) is 24.3 Å². The molecule has 6 nitrogen and oxygen atoms in total. The van der Waals surface area contributed by atoms with Crippen LogP contribution in [0.4, 0.5) is 9.52 Å². The minimum Gasteiger partial charge on any atom is -0.335 e. The molecule has 29 heavy (non-hydrogen) atoms. The summed E-state index contributed by atoms with van der Waals surface area (Å²) in [5.74, 6) is -0.825. The highest BCUT2D eigenvalue weighted by atomic mass is 32.1. The van der Waals surface area contributed by atoms with E-state index in [9.17, 15) is 9.18 Å². The molecular formula is C21H13FN4O2S. The number of benzene rings is 2. The van der Waals surface area contributed by atoms with Crippen molar-refractivity contribution >= 4 is 43.7 Å². The lowest BCUT2D eigenvalue weighted by Crippen LogP contribution is -2.13. The third-order valence-corrected chi connectivity index (χ3v) is 5.48. The molecule has 0 spiro atoms. The molecule has 0 saturated heterocycles. The predicted octanol–water partition coefficient (Wildman–Crippen LogP) is 5.20. The summed E-state index contributed by atoms with van der Waals surface area (Å²) in [5.41, 5.74) is 2.38. The summed E-state index contributed by atoms with van der Waals surface area (Å²) in [6.45, 7) is 1.73. The largest absolute Gasteiger partial charge is 0.335 e. The first-order valence-electron chi connectivity index (χ1n) is 8.79. The molecule has 0 radical (unpaired) electrons. The number of carbonyl (C=O) groups excluding carboxylic acids is 1. The summed E-state index contributed by atoms with van der Waals surface area (Å²) in [6, 6.07) is 15.4. The van der Waals surface area contributed by atoms with Gasteiger partial charge < -0.3 is 4.52 Å². The molecule has 0 fully saturated rings. The quantitative estimate of drug-likeness (QED) is 0.447. The number of rotatable bonds is 3. The summed E-state index contributed by atoms with van der Waals surface area (Å²) < 4.78 is 20.5. The van der Waals surface area contributed by atoms with Crippen molar-refractivity contribution in [2.24, 2.45) is 0 Å². The van der Waals surface area contributed by atoms with Gasteiger partial charge in [0.25, 0.3) is 11.6 Å². The highest BCUT2D eigenvalue weighted by molar-refractivity contribution is 7.22. The number of para-hydroxylation sites is 1. The molecule has 0 aliphatic heterocycles. The number of pyridine rings is 1. The van der Waals surface area contributed by atoms with Crippen LogP contribution in [0.3, 0.4) is 0 Å². The Kier molecular flexibility index (Phi) is 4.06. The number of anilines is 1. The van der Waals surface area contributed by atoms with E-state index in [0.29, 0.717) is 27.5 Å². The third-order valence-electron chi connectivity index (χ3n) is 4.53. The van der Waals surface area contributed by atoms with Crippen LogP contribution in [-0.4, -0.2) is 21.0 Å². The highest BCUT2D eigenvalue weighted by Gasteiger charge is 2.21. The number of nitrogens with one attached hydrogen (secondary N) is 1. The van der Waals surface area contributed by atoms with Crippen LogP contribution in [0.5, 0.6) is 0 Å². The SMILES string of the molecule is Cc1noc2nc(-c3ccccc3F)cc(C(=O)Nc3nc4ccccc4s3)c12. The van der Waals surface area contributed by atoms with Gasteiger partial charge in [0, 0.05) is 5.56 Å². The molecule has 0 saturated carbocycles. The number of thiazole rings is 1. The van der Waals surface area contributed by atoms with Crippen molar-refractivity contribution in [1.29, 1.82) is 0 Å². The van der Waals surface area contributed by atoms with Crippen LogP contribution in [0.1, 0.15) is 16.1 Å². The van der Waals surface area contributed by atoms with Crippen molar-refractivity contribution in [2.75, 3.05) is 5.32 Å². The van der Waals surface area contributed by atoms with Crippen molar-refractivity contribution in [3.05, 3.63) is 71.7 Å². The molecule has 0 aliphatic rings. The number of hydrogen-bond acceptors (Lipinski definition) is 6. The lowest BCUT2D eigenvalue weighted by molar-refractivity contribution is 0.102. The van der Waals surface area contributed by atoms with E-state index < -0.39 is 5.82 Å². The normalized spacial score (nSPS) is 11.2. The number of amides is 1. The number of nitrogens with zero attached hydrogens (tertiary/aromatic N) is 3. The summed E-state index contributed by atoms with van der Waals surface area (Å²) >= 11 is 1.38. The topological polar surface area (TPSA) is 80.9 Å². The average molecular weight is 404 g/mol. The molecule has 5 rings (SSSR count). The van der Waals surface area contributed by atoms with Gasteiger partial charge in [0.1, 0.15) is 5.82 Å². The Bertz CT molecular complexity index is 1360. The highest BCUT2D eigenvalue weighted by Crippen LogP contribution is 2.30. The van der Waals surface area contributed by atoms with Gasteiger partial charge in [-0.05, 0) is 37.3 Å². The Morgan fingerprint density at radius 1 is 1.10 bits per heavy atom. The van der Waals surface area contributed by atoms with E-state index in [1.54, 1.807) is 31.2 Å². The van der Waals surface area contributed by atoms with E-state index >= 15 is 0 Å². The van der Waals surface area contributed by atoms with Crippen molar-refractivity contribution in [3.63, 3.8) is 0 Å². The van der Waals surface area contributed by atoms with Crippen molar-refractivity contribution in [3.8, 4) is 11.3 Å². The Labute approximate surface area is 168 Å². The maximum absolute atomic E-state index is 14.3. The van der Waals surface area contributed by atoms with E-state index in [1.165, 1.54) is 17.4 Å². The Balaban J connectivity index is 1.61. The second-order valence-corrected chi connectivity index (χ2v) is 7.45. The average Bonchev–Trinajstić information content (AvgIpc) is 3.30. The molecule has 0 atom stereocenters. The third kappa shape index (κ3) is 3.03. The molecule has 5 aromatic rings. The minimum absolute atomic E-state index is 0.178. The van der Waals surface area contributed by atoms with Crippen LogP contribution in [0.15, 0.2) is 59.1 Å². The molecule has 8 heteroatoms. The molecular weight excluding hydrogens is 391 g/mol. The van der Waals surface area contributed by atoms with Crippen LogP contribution < -0.4 is 5.32 Å². The van der Waals surface area contributed by atoms with E-state index in [2.05, 4.69) is 20.4 Å². The molecule has 1 N–H and O–H groups in total. The first-order chi connectivity index (χ1) is 14.1. The monoisotopic (exact) mass is 404 g/mol. The molecule has 142 valence electrons. The number of carbonyl (C=O) groups is 1. The first-order valence-corrected chi connectivity index (χ1v) is 9.60. The molecule has 3 heterocycles. The lowest BCUT2D eigenvalue weighted by Gasteiger charge is -2.07. The minimum atomic E-state index is -0.437. The van der Waals surface area contributed by atoms with Crippen LogP contribution >= 0.6 is 11.3 Å². The summed E-state index contributed by atoms with van der Waals surface area (Å²) in [5, 5.41) is 7.71. The summed E-state index contributed by atoms with van der Waals surface area (Å²) in [6.07, 6.45) is 0. The van der Waals surface area contributed by atoms with Gasteiger partial charge in [0.2, 0.25) is 0 Å². The van der Waals surface area contributed by atoms with Gasteiger partial charge >= 0.3 is 0 Å². The van der Waals surface area contributed by atoms with Gasteiger partial charge in [0.05, 0.1) is 32.6 Å². The van der Waals surface area contributed by atoms with E-state index in [4.69, 9.17) is 4.52 Å². The fourth-order valence-corrected chi connectivity index (χ4v) is 4.03.